The van der Waals surface area contributed by atoms with Crippen LogP contribution >= 0.6 is 0 Å². The number of anilines is 1. The lowest BCUT2D eigenvalue weighted by molar-refractivity contribution is -0.122. The maximum atomic E-state index is 12.3. The Morgan fingerprint density at radius 2 is 1.88 bits per heavy atom. The summed E-state index contributed by atoms with van der Waals surface area (Å²) in [6, 6.07) is 14.2. The van der Waals surface area contributed by atoms with Gasteiger partial charge in [0.2, 0.25) is 0 Å². The van der Waals surface area contributed by atoms with Crippen LogP contribution in [-0.4, -0.2) is 24.6 Å². The van der Waals surface area contributed by atoms with Gasteiger partial charge < -0.3 is 14.8 Å². The van der Waals surface area contributed by atoms with Gasteiger partial charge in [-0.2, -0.15) is 0 Å². The summed E-state index contributed by atoms with van der Waals surface area (Å²) in [6.07, 6.45) is 0.0909. The summed E-state index contributed by atoms with van der Waals surface area (Å²) in [5.41, 5.74) is 1.98. The molecule has 1 atom stereocenters. The Morgan fingerprint density at radius 3 is 2.60 bits per heavy atom. The highest BCUT2D eigenvalue weighted by molar-refractivity contribution is 5.96. The number of benzene rings is 2. The van der Waals surface area contributed by atoms with E-state index < -0.39 is 12.1 Å². The molecule has 1 amide bonds. The maximum absolute atomic E-state index is 12.3. The predicted octanol–water partition coefficient (Wildman–Crippen LogP) is 3.97. The van der Waals surface area contributed by atoms with Gasteiger partial charge in [0.1, 0.15) is 5.75 Å². The van der Waals surface area contributed by atoms with Crippen molar-refractivity contribution in [3.8, 4) is 5.75 Å². The lowest BCUT2D eigenvalue weighted by atomic mass is 10.2. The molecule has 1 N–H and O–H groups in total. The number of ether oxygens (including phenoxy) is 2. The molecule has 0 saturated carbocycles. The van der Waals surface area contributed by atoms with Gasteiger partial charge in [0, 0.05) is 5.69 Å². The number of carbonyl (C=O) groups is 2. The minimum atomic E-state index is -0.669. The lowest BCUT2D eigenvalue weighted by Crippen LogP contribution is -2.30. The monoisotopic (exact) mass is 341 g/mol. The highest BCUT2D eigenvalue weighted by Gasteiger charge is 2.16. The summed E-state index contributed by atoms with van der Waals surface area (Å²) in [5, 5.41) is 2.76. The van der Waals surface area contributed by atoms with Crippen molar-refractivity contribution < 1.29 is 19.1 Å². The van der Waals surface area contributed by atoms with E-state index in [9.17, 15) is 9.59 Å². The first-order valence-electron chi connectivity index (χ1n) is 8.31. The minimum Gasteiger partial charge on any atom is -0.481 e. The number of rotatable bonds is 7. The van der Waals surface area contributed by atoms with Crippen LogP contribution in [-0.2, 0) is 9.53 Å². The van der Waals surface area contributed by atoms with Crippen LogP contribution in [0.15, 0.2) is 48.5 Å². The van der Waals surface area contributed by atoms with Gasteiger partial charge in [0.25, 0.3) is 5.91 Å². The summed E-state index contributed by atoms with van der Waals surface area (Å²) in [5.74, 6) is -0.0536. The average molecular weight is 341 g/mol. The molecule has 0 aliphatic carbocycles. The standard InChI is InChI=1S/C20H23NO4/c1-4-11-24-20(23)16-8-6-9-17(13-16)21-19(22)15(3)25-18-10-5-7-14(2)12-18/h5-10,12-13,15H,4,11H2,1-3H3,(H,21,22). The molecule has 0 spiro atoms. The molecule has 0 aromatic heterocycles. The molecule has 1 unspecified atom stereocenters. The van der Waals surface area contributed by atoms with E-state index in [2.05, 4.69) is 5.32 Å². The minimum absolute atomic E-state index is 0.291. The molecule has 0 radical (unpaired) electrons. The van der Waals surface area contributed by atoms with Crippen molar-refractivity contribution in [1.82, 2.24) is 0 Å². The number of carbonyl (C=O) groups excluding carboxylic acids is 2. The third kappa shape index (κ3) is 5.64. The van der Waals surface area contributed by atoms with Crippen LogP contribution in [0.5, 0.6) is 5.75 Å². The van der Waals surface area contributed by atoms with Gasteiger partial charge in [0.05, 0.1) is 12.2 Å². The molecular weight excluding hydrogens is 318 g/mol. The van der Waals surface area contributed by atoms with Gasteiger partial charge in [0.15, 0.2) is 6.10 Å². The number of hydrogen-bond acceptors (Lipinski definition) is 4. The molecule has 5 nitrogen and oxygen atoms in total. The van der Waals surface area contributed by atoms with Gasteiger partial charge in [-0.15, -0.1) is 0 Å². The van der Waals surface area contributed by atoms with Crippen LogP contribution in [0.4, 0.5) is 5.69 Å². The van der Waals surface area contributed by atoms with Crippen molar-refractivity contribution in [1.29, 1.82) is 0 Å². The van der Waals surface area contributed by atoms with Crippen LogP contribution in [0, 0.1) is 6.92 Å². The zero-order valence-electron chi connectivity index (χ0n) is 14.7. The van der Waals surface area contributed by atoms with E-state index in [1.54, 1.807) is 37.3 Å². The van der Waals surface area contributed by atoms with Crippen molar-refractivity contribution in [2.75, 3.05) is 11.9 Å². The van der Waals surface area contributed by atoms with E-state index in [1.807, 2.05) is 32.0 Å². The molecule has 0 bridgehead atoms. The maximum Gasteiger partial charge on any atom is 0.338 e. The van der Waals surface area contributed by atoms with Crippen LogP contribution < -0.4 is 10.1 Å². The smallest absolute Gasteiger partial charge is 0.338 e. The van der Waals surface area contributed by atoms with E-state index in [-0.39, 0.29) is 5.91 Å². The molecule has 0 aliphatic heterocycles. The topological polar surface area (TPSA) is 64.6 Å². The van der Waals surface area contributed by atoms with Crippen molar-refractivity contribution >= 4 is 17.6 Å². The zero-order valence-corrected chi connectivity index (χ0v) is 14.7. The second-order valence-corrected chi connectivity index (χ2v) is 5.78. The number of amides is 1. The van der Waals surface area contributed by atoms with Gasteiger partial charge in [-0.05, 0) is 56.2 Å². The van der Waals surface area contributed by atoms with E-state index in [4.69, 9.17) is 9.47 Å². The van der Waals surface area contributed by atoms with E-state index in [1.165, 1.54) is 0 Å². The third-order valence-electron chi connectivity index (χ3n) is 3.47. The summed E-state index contributed by atoms with van der Waals surface area (Å²) in [6.45, 7) is 5.94. The molecule has 132 valence electrons. The van der Waals surface area contributed by atoms with Crippen molar-refractivity contribution in [3.05, 3.63) is 59.7 Å². The molecule has 0 aliphatic rings. The first kappa shape index (κ1) is 18.5. The van der Waals surface area contributed by atoms with Crippen LogP contribution in [0.3, 0.4) is 0 Å². The van der Waals surface area contributed by atoms with Gasteiger partial charge in [-0.1, -0.05) is 25.1 Å². The Bertz CT molecular complexity index is 742. The molecule has 0 fully saturated rings. The summed E-state index contributed by atoms with van der Waals surface area (Å²) >= 11 is 0. The highest BCUT2D eigenvalue weighted by Crippen LogP contribution is 2.16. The Hall–Kier alpha value is -2.82. The fraction of sp³-hybridized carbons (Fsp3) is 0.300. The second-order valence-electron chi connectivity index (χ2n) is 5.78. The molecule has 5 heteroatoms. The average Bonchev–Trinajstić information content (AvgIpc) is 2.59. The Morgan fingerprint density at radius 1 is 1.12 bits per heavy atom. The van der Waals surface area contributed by atoms with Crippen molar-refractivity contribution in [2.45, 2.75) is 33.3 Å². The summed E-state index contributed by atoms with van der Waals surface area (Å²) < 4.78 is 10.8. The van der Waals surface area contributed by atoms with Gasteiger partial charge in [-0.25, -0.2) is 4.79 Å². The molecule has 2 rings (SSSR count). The van der Waals surface area contributed by atoms with Crippen molar-refractivity contribution in [3.63, 3.8) is 0 Å². The fourth-order valence-corrected chi connectivity index (χ4v) is 2.19. The molecular formula is C20H23NO4. The molecule has 25 heavy (non-hydrogen) atoms. The number of esters is 1. The molecule has 0 saturated heterocycles. The Labute approximate surface area is 148 Å². The normalized spacial score (nSPS) is 11.5. The van der Waals surface area contributed by atoms with Crippen LogP contribution in [0.1, 0.15) is 36.2 Å². The SMILES string of the molecule is CCCOC(=O)c1cccc(NC(=O)C(C)Oc2cccc(C)c2)c1. The molecule has 0 heterocycles. The zero-order chi connectivity index (χ0) is 18.2. The highest BCUT2D eigenvalue weighted by atomic mass is 16.5. The van der Waals surface area contributed by atoms with E-state index in [0.717, 1.165) is 12.0 Å². The first-order chi connectivity index (χ1) is 12.0. The summed E-state index contributed by atoms with van der Waals surface area (Å²) in [4.78, 5) is 24.2. The summed E-state index contributed by atoms with van der Waals surface area (Å²) in [7, 11) is 0. The molecule has 2 aromatic rings. The van der Waals surface area contributed by atoms with E-state index >= 15 is 0 Å². The Kier molecular flexibility index (Phi) is 6.57. The van der Waals surface area contributed by atoms with Crippen LogP contribution in [0.25, 0.3) is 0 Å². The second kappa shape index (κ2) is 8.87. The Balaban J connectivity index is 1.98. The first-order valence-corrected chi connectivity index (χ1v) is 8.31. The van der Waals surface area contributed by atoms with Crippen molar-refractivity contribution in [2.24, 2.45) is 0 Å². The fourth-order valence-electron chi connectivity index (χ4n) is 2.19. The quantitative estimate of drug-likeness (QED) is 0.774. The lowest BCUT2D eigenvalue weighted by Gasteiger charge is -2.15. The molecule has 2 aromatic carbocycles. The van der Waals surface area contributed by atoms with Gasteiger partial charge in [-0.3, -0.25) is 4.79 Å². The van der Waals surface area contributed by atoms with Gasteiger partial charge >= 0.3 is 5.97 Å². The number of aryl methyl sites for hydroxylation is 1. The van der Waals surface area contributed by atoms with Crippen LogP contribution in [0.2, 0.25) is 0 Å². The number of nitrogens with one attached hydrogen (secondary N) is 1. The largest absolute Gasteiger partial charge is 0.481 e. The third-order valence-corrected chi connectivity index (χ3v) is 3.47. The number of hydrogen-bond donors (Lipinski definition) is 1. The van der Waals surface area contributed by atoms with E-state index in [0.29, 0.717) is 23.6 Å². The predicted molar refractivity (Wildman–Crippen MR) is 96.9 cm³/mol.